The second-order valence-electron chi connectivity index (χ2n) is 5.72. The van der Waals surface area contributed by atoms with Crippen molar-refractivity contribution in [3.8, 4) is 5.75 Å². The lowest BCUT2D eigenvalue weighted by Crippen LogP contribution is -2.16. The van der Waals surface area contributed by atoms with Crippen LogP contribution in [0.4, 0.5) is 5.82 Å². The van der Waals surface area contributed by atoms with Crippen LogP contribution >= 0.6 is 0 Å². The van der Waals surface area contributed by atoms with Crippen LogP contribution in [-0.4, -0.2) is 22.1 Å². The fraction of sp³-hybridized carbons (Fsp3) is 0.250. The third-order valence-electron chi connectivity index (χ3n) is 3.98. The van der Waals surface area contributed by atoms with Gasteiger partial charge in [0.2, 0.25) is 0 Å². The third-order valence-corrected chi connectivity index (χ3v) is 3.98. The first-order valence-corrected chi connectivity index (χ1v) is 8.36. The summed E-state index contributed by atoms with van der Waals surface area (Å²) in [6.07, 6.45) is 2.66. The summed E-state index contributed by atoms with van der Waals surface area (Å²) in [6.45, 7) is 3.99. The molecule has 0 aliphatic heterocycles. The Balaban J connectivity index is 2.05. The average molecular weight is 334 g/mol. The maximum absolute atomic E-state index is 5.55. The van der Waals surface area contributed by atoms with Crippen molar-refractivity contribution < 1.29 is 4.74 Å². The van der Waals surface area contributed by atoms with E-state index in [4.69, 9.17) is 4.74 Å². The number of para-hydroxylation sites is 1. The molecule has 5 nitrogen and oxygen atoms in total. The Labute approximate surface area is 148 Å². The minimum absolute atomic E-state index is 0.170. The average Bonchev–Trinajstić information content (AvgIpc) is 2.66. The Morgan fingerprint density at radius 1 is 1.08 bits per heavy atom. The first-order chi connectivity index (χ1) is 12.2. The standard InChI is InChI=1S/C20H22N4O/c1-4-15-13-19(23-14(2)22-15)24-20(17-10-7-8-12-21-17)16-9-5-6-11-18(16)25-3/h5-13,20H,4H2,1-3H3,(H,22,23,24). The first kappa shape index (κ1) is 16.9. The number of pyridine rings is 1. The highest BCUT2D eigenvalue weighted by molar-refractivity contribution is 5.48. The fourth-order valence-electron chi connectivity index (χ4n) is 2.80. The minimum Gasteiger partial charge on any atom is -0.496 e. The molecule has 1 atom stereocenters. The minimum atomic E-state index is -0.170. The molecule has 0 spiro atoms. The summed E-state index contributed by atoms with van der Waals surface area (Å²) in [6, 6.07) is 15.7. The molecule has 0 aliphatic carbocycles. The van der Waals surface area contributed by atoms with Gasteiger partial charge in [0.1, 0.15) is 17.4 Å². The smallest absolute Gasteiger partial charge is 0.130 e. The van der Waals surface area contributed by atoms with Crippen molar-refractivity contribution in [1.82, 2.24) is 15.0 Å². The SMILES string of the molecule is CCc1cc(NC(c2ccccn2)c2ccccc2OC)nc(C)n1. The van der Waals surface area contributed by atoms with E-state index in [1.54, 1.807) is 13.3 Å². The molecule has 0 aliphatic rings. The Morgan fingerprint density at radius 3 is 2.60 bits per heavy atom. The monoisotopic (exact) mass is 334 g/mol. The number of anilines is 1. The lowest BCUT2D eigenvalue weighted by molar-refractivity contribution is 0.408. The van der Waals surface area contributed by atoms with Crippen LogP contribution in [0.15, 0.2) is 54.7 Å². The van der Waals surface area contributed by atoms with E-state index >= 15 is 0 Å². The second kappa shape index (κ2) is 7.75. The van der Waals surface area contributed by atoms with Crippen LogP contribution in [-0.2, 0) is 6.42 Å². The molecule has 1 unspecified atom stereocenters. The summed E-state index contributed by atoms with van der Waals surface area (Å²) in [5, 5.41) is 3.51. The van der Waals surface area contributed by atoms with Gasteiger partial charge in [-0.15, -0.1) is 0 Å². The summed E-state index contributed by atoms with van der Waals surface area (Å²) in [4.78, 5) is 13.5. The molecule has 3 aromatic rings. The van der Waals surface area contributed by atoms with Crippen LogP contribution in [0.2, 0.25) is 0 Å². The zero-order valence-electron chi connectivity index (χ0n) is 14.7. The van der Waals surface area contributed by atoms with Gasteiger partial charge >= 0.3 is 0 Å². The lowest BCUT2D eigenvalue weighted by atomic mass is 10.0. The molecule has 128 valence electrons. The van der Waals surface area contributed by atoms with Crippen LogP contribution in [0, 0.1) is 6.92 Å². The van der Waals surface area contributed by atoms with Gasteiger partial charge in [-0.05, 0) is 31.5 Å². The number of aromatic nitrogens is 3. The van der Waals surface area contributed by atoms with Gasteiger partial charge in [0.25, 0.3) is 0 Å². The molecule has 3 rings (SSSR count). The lowest BCUT2D eigenvalue weighted by Gasteiger charge is -2.22. The molecule has 2 aromatic heterocycles. The number of rotatable bonds is 6. The van der Waals surface area contributed by atoms with Gasteiger partial charge < -0.3 is 10.1 Å². The van der Waals surface area contributed by atoms with Gasteiger partial charge in [-0.2, -0.15) is 0 Å². The van der Waals surface area contributed by atoms with Gasteiger partial charge in [0.05, 0.1) is 18.8 Å². The van der Waals surface area contributed by atoms with Gasteiger partial charge in [-0.1, -0.05) is 31.2 Å². The zero-order valence-corrected chi connectivity index (χ0v) is 14.7. The highest BCUT2D eigenvalue weighted by Crippen LogP contribution is 2.31. The number of aryl methyl sites for hydroxylation is 2. The number of methoxy groups -OCH3 is 1. The molecule has 0 radical (unpaired) electrons. The summed E-state index contributed by atoms with van der Waals surface area (Å²) in [5.74, 6) is 2.35. The predicted octanol–water partition coefficient (Wildman–Crippen LogP) is 3.95. The number of hydrogen-bond acceptors (Lipinski definition) is 5. The van der Waals surface area contributed by atoms with Crippen LogP contribution in [0.25, 0.3) is 0 Å². The molecule has 1 N–H and O–H groups in total. The van der Waals surface area contributed by atoms with Crippen LogP contribution < -0.4 is 10.1 Å². The van der Waals surface area contributed by atoms with Gasteiger partial charge in [0.15, 0.2) is 0 Å². The van der Waals surface area contributed by atoms with E-state index < -0.39 is 0 Å². The van der Waals surface area contributed by atoms with Crippen molar-refractivity contribution in [3.63, 3.8) is 0 Å². The first-order valence-electron chi connectivity index (χ1n) is 8.36. The molecule has 0 amide bonds. The molecule has 5 heteroatoms. The van der Waals surface area contributed by atoms with E-state index in [2.05, 4.69) is 27.2 Å². The highest BCUT2D eigenvalue weighted by Gasteiger charge is 2.20. The van der Waals surface area contributed by atoms with Crippen molar-refractivity contribution >= 4 is 5.82 Å². The fourth-order valence-corrected chi connectivity index (χ4v) is 2.80. The maximum Gasteiger partial charge on any atom is 0.130 e. The van der Waals surface area contributed by atoms with E-state index in [0.29, 0.717) is 0 Å². The Kier molecular flexibility index (Phi) is 5.23. The molecular weight excluding hydrogens is 312 g/mol. The molecule has 25 heavy (non-hydrogen) atoms. The van der Waals surface area contributed by atoms with E-state index in [9.17, 15) is 0 Å². The molecule has 0 saturated carbocycles. The van der Waals surface area contributed by atoms with Crippen molar-refractivity contribution in [2.24, 2.45) is 0 Å². The zero-order chi connectivity index (χ0) is 17.6. The van der Waals surface area contributed by atoms with E-state index in [-0.39, 0.29) is 6.04 Å². The summed E-state index contributed by atoms with van der Waals surface area (Å²) in [7, 11) is 1.68. The summed E-state index contributed by atoms with van der Waals surface area (Å²) in [5.41, 5.74) is 2.93. The number of nitrogens with zero attached hydrogens (tertiary/aromatic N) is 3. The van der Waals surface area contributed by atoms with Crippen molar-refractivity contribution in [2.45, 2.75) is 26.3 Å². The maximum atomic E-state index is 5.55. The molecule has 0 saturated heterocycles. The molecule has 1 aromatic carbocycles. The Morgan fingerprint density at radius 2 is 1.88 bits per heavy atom. The number of ether oxygens (including phenoxy) is 1. The largest absolute Gasteiger partial charge is 0.496 e. The van der Waals surface area contributed by atoms with Crippen molar-refractivity contribution in [3.05, 3.63) is 77.5 Å². The Hall–Kier alpha value is -2.95. The molecule has 0 fully saturated rings. The number of hydrogen-bond donors (Lipinski definition) is 1. The number of nitrogens with one attached hydrogen (secondary N) is 1. The van der Waals surface area contributed by atoms with E-state index in [1.165, 1.54) is 0 Å². The van der Waals surface area contributed by atoms with Gasteiger partial charge in [-0.25, -0.2) is 9.97 Å². The number of benzene rings is 1. The van der Waals surface area contributed by atoms with Crippen LogP contribution in [0.3, 0.4) is 0 Å². The molecular formula is C20H22N4O. The van der Waals surface area contributed by atoms with Crippen molar-refractivity contribution in [2.75, 3.05) is 12.4 Å². The van der Waals surface area contributed by atoms with Gasteiger partial charge in [-0.3, -0.25) is 4.98 Å². The topological polar surface area (TPSA) is 59.9 Å². The second-order valence-corrected chi connectivity index (χ2v) is 5.72. The van der Waals surface area contributed by atoms with Gasteiger partial charge in [0, 0.05) is 23.5 Å². The van der Waals surface area contributed by atoms with E-state index in [1.807, 2.05) is 55.5 Å². The van der Waals surface area contributed by atoms with E-state index in [0.717, 1.165) is 40.8 Å². The van der Waals surface area contributed by atoms with Crippen LogP contribution in [0.5, 0.6) is 5.75 Å². The Bertz CT molecular complexity index is 836. The quantitative estimate of drug-likeness (QED) is 0.739. The predicted molar refractivity (Wildman–Crippen MR) is 98.8 cm³/mol. The normalized spacial score (nSPS) is 11.8. The highest BCUT2D eigenvalue weighted by atomic mass is 16.5. The third kappa shape index (κ3) is 3.94. The molecule has 2 heterocycles. The van der Waals surface area contributed by atoms with Crippen molar-refractivity contribution in [1.29, 1.82) is 0 Å². The van der Waals surface area contributed by atoms with Crippen LogP contribution in [0.1, 0.15) is 35.7 Å². The summed E-state index contributed by atoms with van der Waals surface area (Å²) < 4.78 is 5.55. The molecule has 0 bridgehead atoms. The summed E-state index contributed by atoms with van der Waals surface area (Å²) >= 11 is 0.